The third-order valence-corrected chi connectivity index (χ3v) is 5.88. The van der Waals surface area contributed by atoms with Gasteiger partial charge in [-0.3, -0.25) is 9.69 Å². The summed E-state index contributed by atoms with van der Waals surface area (Å²) in [6, 6.07) is 14.2. The number of likely N-dealkylation sites (tertiary alicyclic amines) is 1. The molecule has 7 nitrogen and oxygen atoms in total. The first kappa shape index (κ1) is 19.6. The minimum Gasteiger partial charge on any atom is -0.454 e. The predicted molar refractivity (Wildman–Crippen MR) is 117 cm³/mol. The molecule has 160 valence electrons. The molecule has 3 aromatic rings. The Hall–Kier alpha value is -3.32. The summed E-state index contributed by atoms with van der Waals surface area (Å²) >= 11 is 0. The van der Waals surface area contributed by atoms with E-state index in [0.717, 1.165) is 53.5 Å². The van der Waals surface area contributed by atoms with E-state index in [1.165, 1.54) is 5.56 Å². The van der Waals surface area contributed by atoms with Crippen molar-refractivity contribution in [3.63, 3.8) is 0 Å². The third kappa shape index (κ3) is 4.27. The lowest BCUT2D eigenvalue weighted by Gasteiger charge is -2.22. The molecule has 31 heavy (non-hydrogen) atoms. The molecule has 2 aliphatic rings. The lowest BCUT2D eigenvalue weighted by molar-refractivity contribution is -0.122. The van der Waals surface area contributed by atoms with Gasteiger partial charge in [0, 0.05) is 6.54 Å². The van der Waals surface area contributed by atoms with Gasteiger partial charge < -0.3 is 19.8 Å². The number of aromatic nitrogens is 2. The van der Waals surface area contributed by atoms with Gasteiger partial charge in [0.15, 0.2) is 11.5 Å². The molecule has 2 N–H and O–H groups in total. The second-order valence-electron chi connectivity index (χ2n) is 8.14. The summed E-state index contributed by atoms with van der Waals surface area (Å²) in [7, 11) is 0. The molecule has 0 spiro atoms. The van der Waals surface area contributed by atoms with Crippen LogP contribution in [0.5, 0.6) is 11.5 Å². The van der Waals surface area contributed by atoms with E-state index in [2.05, 4.69) is 51.4 Å². The van der Waals surface area contributed by atoms with Crippen molar-refractivity contribution in [2.45, 2.75) is 32.4 Å². The fourth-order valence-electron chi connectivity index (χ4n) is 4.28. The maximum atomic E-state index is 12.6. The molecule has 7 heteroatoms. The summed E-state index contributed by atoms with van der Waals surface area (Å²) in [6.07, 6.45) is 3.94. The Bertz CT molecular complexity index is 1090. The number of aryl methyl sites for hydroxylation is 1. The van der Waals surface area contributed by atoms with Gasteiger partial charge in [-0.25, -0.2) is 4.98 Å². The second-order valence-corrected chi connectivity index (χ2v) is 8.14. The van der Waals surface area contributed by atoms with Crippen LogP contribution >= 0.6 is 0 Å². The number of hydrogen-bond donors (Lipinski definition) is 2. The van der Waals surface area contributed by atoms with Crippen LogP contribution in [0.15, 0.2) is 48.7 Å². The molecule has 0 bridgehead atoms. The van der Waals surface area contributed by atoms with E-state index in [0.29, 0.717) is 13.1 Å². The summed E-state index contributed by atoms with van der Waals surface area (Å²) in [6.45, 7) is 4.05. The van der Waals surface area contributed by atoms with Gasteiger partial charge in [-0.05, 0) is 55.6 Å². The normalized spacial score (nSPS) is 17.8. The standard InChI is InChI=1S/C24H26N4O3/c1-16-4-2-5-18(10-16)19-13-26-24(27-19)20-6-3-9-28(20)14-23(29)25-12-17-7-8-21-22(11-17)31-15-30-21/h2,4-5,7-8,10-11,13,20H,3,6,9,12,14-15H2,1H3,(H,25,29)(H,26,27). The number of nitrogens with one attached hydrogen (secondary N) is 2. The molecule has 3 heterocycles. The quantitative estimate of drug-likeness (QED) is 0.640. The Morgan fingerprint density at radius 3 is 3.03 bits per heavy atom. The SMILES string of the molecule is Cc1cccc(-c2cnc(C3CCCN3CC(=O)NCc3ccc4c(c3)OCO4)[nH]2)c1. The number of benzene rings is 2. The van der Waals surface area contributed by atoms with Gasteiger partial charge in [-0.15, -0.1) is 0 Å². The van der Waals surface area contributed by atoms with Gasteiger partial charge in [0.25, 0.3) is 0 Å². The lowest BCUT2D eigenvalue weighted by atomic mass is 10.1. The van der Waals surface area contributed by atoms with E-state index in [4.69, 9.17) is 9.47 Å². The number of rotatable bonds is 6. The van der Waals surface area contributed by atoms with Crippen molar-refractivity contribution in [2.24, 2.45) is 0 Å². The van der Waals surface area contributed by atoms with E-state index in [9.17, 15) is 4.79 Å². The smallest absolute Gasteiger partial charge is 0.234 e. The number of ether oxygens (including phenoxy) is 2. The fourth-order valence-corrected chi connectivity index (χ4v) is 4.28. The van der Waals surface area contributed by atoms with E-state index in [1.54, 1.807) is 0 Å². The molecule has 1 unspecified atom stereocenters. The molecule has 1 amide bonds. The summed E-state index contributed by atoms with van der Waals surface area (Å²) < 4.78 is 10.7. The molecule has 1 saturated heterocycles. The molecule has 1 fully saturated rings. The van der Waals surface area contributed by atoms with Crippen LogP contribution in [0.4, 0.5) is 0 Å². The number of amides is 1. The van der Waals surface area contributed by atoms with Gasteiger partial charge in [-0.1, -0.05) is 29.8 Å². The summed E-state index contributed by atoms with van der Waals surface area (Å²) in [5, 5.41) is 3.02. The first-order valence-corrected chi connectivity index (χ1v) is 10.7. The Morgan fingerprint density at radius 2 is 2.13 bits per heavy atom. The van der Waals surface area contributed by atoms with Gasteiger partial charge in [0.2, 0.25) is 12.7 Å². The zero-order chi connectivity index (χ0) is 21.2. The van der Waals surface area contributed by atoms with Crippen molar-refractivity contribution in [2.75, 3.05) is 19.9 Å². The first-order chi connectivity index (χ1) is 15.2. The fraction of sp³-hybridized carbons (Fsp3) is 0.333. The highest BCUT2D eigenvalue weighted by atomic mass is 16.7. The highest BCUT2D eigenvalue weighted by Gasteiger charge is 2.29. The molecular formula is C24H26N4O3. The van der Waals surface area contributed by atoms with Crippen molar-refractivity contribution < 1.29 is 14.3 Å². The van der Waals surface area contributed by atoms with Gasteiger partial charge in [0.05, 0.1) is 24.5 Å². The number of hydrogen-bond acceptors (Lipinski definition) is 5. The van der Waals surface area contributed by atoms with E-state index in [-0.39, 0.29) is 18.7 Å². The average Bonchev–Trinajstić information content (AvgIpc) is 3.52. The van der Waals surface area contributed by atoms with Crippen LogP contribution in [-0.4, -0.2) is 40.7 Å². The molecule has 5 rings (SSSR count). The Kier molecular flexibility index (Phi) is 5.34. The zero-order valence-corrected chi connectivity index (χ0v) is 17.6. The minimum atomic E-state index is 0.00929. The topological polar surface area (TPSA) is 79.5 Å². The Morgan fingerprint density at radius 1 is 1.23 bits per heavy atom. The van der Waals surface area contributed by atoms with Crippen LogP contribution in [0.1, 0.15) is 35.8 Å². The van der Waals surface area contributed by atoms with Gasteiger partial charge in [0.1, 0.15) is 5.82 Å². The number of aromatic amines is 1. The molecule has 2 aromatic carbocycles. The molecule has 0 aliphatic carbocycles. The van der Waals surface area contributed by atoms with Crippen molar-refractivity contribution in [1.29, 1.82) is 0 Å². The van der Waals surface area contributed by atoms with Crippen molar-refractivity contribution >= 4 is 5.91 Å². The molecule has 2 aliphatic heterocycles. The van der Waals surface area contributed by atoms with E-state index < -0.39 is 0 Å². The maximum absolute atomic E-state index is 12.6. The second kappa shape index (κ2) is 8.43. The molecule has 1 aromatic heterocycles. The number of fused-ring (bicyclic) bond motifs is 1. The number of carbonyl (C=O) groups excluding carboxylic acids is 1. The van der Waals surface area contributed by atoms with Crippen LogP contribution in [0, 0.1) is 6.92 Å². The van der Waals surface area contributed by atoms with Crippen molar-refractivity contribution in [3.8, 4) is 22.8 Å². The number of imidazole rings is 1. The minimum absolute atomic E-state index is 0.00929. The highest BCUT2D eigenvalue weighted by molar-refractivity contribution is 5.78. The molecule has 0 saturated carbocycles. The first-order valence-electron chi connectivity index (χ1n) is 10.7. The summed E-state index contributed by atoms with van der Waals surface area (Å²) in [4.78, 5) is 22.9. The third-order valence-electron chi connectivity index (χ3n) is 5.88. The van der Waals surface area contributed by atoms with Crippen LogP contribution < -0.4 is 14.8 Å². The number of nitrogens with zero attached hydrogens (tertiary/aromatic N) is 2. The summed E-state index contributed by atoms with van der Waals surface area (Å²) in [5.74, 6) is 2.42. The Labute approximate surface area is 181 Å². The van der Waals surface area contributed by atoms with Crippen LogP contribution in [0.25, 0.3) is 11.3 Å². The van der Waals surface area contributed by atoms with Crippen LogP contribution in [-0.2, 0) is 11.3 Å². The zero-order valence-electron chi connectivity index (χ0n) is 17.6. The monoisotopic (exact) mass is 418 g/mol. The molecule has 0 radical (unpaired) electrons. The molecule has 1 atom stereocenters. The Balaban J connectivity index is 1.20. The van der Waals surface area contributed by atoms with E-state index in [1.807, 2.05) is 24.4 Å². The van der Waals surface area contributed by atoms with Crippen molar-refractivity contribution in [3.05, 3.63) is 65.6 Å². The number of H-pyrrole nitrogens is 1. The van der Waals surface area contributed by atoms with Gasteiger partial charge in [-0.2, -0.15) is 0 Å². The lowest BCUT2D eigenvalue weighted by Crippen LogP contribution is -2.36. The average molecular weight is 418 g/mol. The van der Waals surface area contributed by atoms with Crippen molar-refractivity contribution in [1.82, 2.24) is 20.2 Å². The molecular weight excluding hydrogens is 392 g/mol. The highest BCUT2D eigenvalue weighted by Crippen LogP contribution is 2.33. The number of carbonyl (C=O) groups is 1. The summed E-state index contributed by atoms with van der Waals surface area (Å²) in [5.41, 5.74) is 4.35. The maximum Gasteiger partial charge on any atom is 0.234 e. The largest absolute Gasteiger partial charge is 0.454 e. The van der Waals surface area contributed by atoms with Crippen LogP contribution in [0.3, 0.4) is 0 Å². The predicted octanol–water partition coefficient (Wildman–Crippen LogP) is 3.57. The van der Waals surface area contributed by atoms with E-state index >= 15 is 0 Å². The van der Waals surface area contributed by atoms with Crippen LogP contribution in [0.2, 0.25) is 0 Å². The van der Waals surface area contributed by atoms with Gasteiger partial charge >= 0.3 is 0 Å².